The van der Waals surface area contributed by atoms with E-state index in [-0.39, 0.29) is 11.2 Å². The number of carbonyl (C=O) groups excluding carboxylic acids is 1. The van der Waals surface area contributed by atoms with Crippen molar-refractivity contribution in [3.8, 4) is 5.69 Å². The molecule has 3 aromatic rings. The number of nitrogens with zero attached hydrogens (tertiary/aromatic N) is 6. The van der Waals surface area contributed by atoms with Crippen LogP contribution in [0.1, 0.15) is 24.4 Å². The van der Waals surface area contributed by atoms with Crippen molar-refractivity contribution < 1.29 is 4.79 Å². The zero-order valence-electron chi connectivity index (χ0n) is 14.0. The van der Waals surface area contributed by atoms with E-state index in [0.717, 1.165) is 22.7 Å². The van der Waals surface area contributed by atoms with Crippen LogP contribution in [-0.4, -0.2) is 41.6 Å². The highest BCUT2D eigenvalue weighted by Crippen LogP contribution is 2.24. The van der Waals surface area contributed by atoms with Gasteiger partial charge in [-0.15, -0.1) is 15.3 Å². The summed E-state index contributed by atoms with van der Waals surface area (Å²) in [7, 11) is 0. The van der Waals surface area contributed by atoms with E-state index in [2.05, 4.69) is 31.0 Å². The van der Waals surface area contributed by atoms with Crippen molar-refractivity contribution in [2.75, 3.05) is 5.32 Å². The molecule has 0 saturated heterocycles. The molecular weight excluding hydrogens is 358 g/mol. The monoisotopic (exact) mass is 375 g/mol. The smallest absolute Gasteiger partial charge is 0.239 e. The molecule has 1 aromatic carbocycles. The lowest BCUT2D eigenvalue weighted by Gasteiger charge is -2.10. The second-order valence-electron chi connectivity index (χ2n) is 5.31. The number of tetrazole rings is 1. The number of hydrogen-bond acceptors (Lipinski definition) is 8. The van der Waals surface area contributed by atoms with E-state index in [0.29, 0.717) is 10.3 Å². The number of aryl methyl sites for hydroxylation is 2. The highest BCUT2D eigenvalue weighted by atomic mass is 32.2. The Morgan fingerprint density at radius 2 is 2.04 bits per heavy atom. The van der Waals surface area contributed by atoms with Gasteiger partial charge in [-0.1, -0.05) is 47.7 Å². The highest BCUT2D eigenvalue weighted by molar-refractivity contribution is 8.00. The SMILES string of the molecule is CCc1nnc(NC(=O)C(C)Sc2nnnn2-c2ccc(C)cc2)s1. The van der Waals surface area contributed by atoms with Gasteiger partial charge in [-0.25, -0.2) is 0 Å². The van der Waals surface area contributed by atoms with E-state index < -0.39 is 0 Å². The summed E-state index contributed by atoms with van der Waals surface area (Å²) in [4.78, 5) is 12.4. The number of thioether (sulfide) groups is 1. The van der Waals surface area contributed by atoms with Gasteiger partial charge >= 0.3 is 0 Å². The second-order valence-corrected chi connectivity index (χ2v) is 7.68. The van der Waals surface area contributed by atoms with E-state index in [1.54, 1.807) is 11.6 Å². The molecule has 0 saturated carbocycles. The number of rotatable bonds is 6. The Morgan fingerprint density at radius 1 is 1.28 bits per heavy atom. The lowest BCUT2D eigenvalue weighted by Crippen LogP contribution is -2.22. The third kappa shape index (κ3) is 4.20. The quantitative estimate of drug-likeness (QED) is 0.661. The predicted octanol–water partition coefficient (Wildman–Crippen LogP) is 2.50. The van der Waals surface area contributed by atoms with E-state index in [1.165, 1.54) is 23.1 Å². The van der Waals surface area contributed by atoms with Crippen LogP contribution >= 0.6 is 23.1 Å². The maximum atomic E-state index is 12.4. The van der Waals surface area contributed by atoms with Crippen molar-refractivity contribution in [2.45, 2.75) is 37.6 Å². The molecule has 0 fully saturated rings. The highest BCUT2D eigenvalue weighted by Gasteiger charge is 2.20. The molecule has 0 aliphatic carbocycles. The molecule has 2 aromatic heterocycles. The van der Waals surface area contributed by atoms with Gasteiger partial charge in [0.05, 0.1) is 10.9 Å². The Morgan fingerprint density at radius 3 is 2.72 bits per heavy atom. The van der Waals surface area contributed by atoms with Gasteiger partial charge in [-0.3, -0.25) is 10.1 Å². The molecule has 1 N–H and O–H groups in total. The third-order valence-electron chi connectivity index (χ3n) is 3.37. The van der Waals surface area contributed by atoms with Crippen LogP contribution in [0.3, 0.4) is 0 Å². The van der Waals surface area contributed by atoms with Gasteiger partial charge in [-0.2, -0.15) is 4.68 Å². The summed E-state index contributed by atoms with van der Waals surface area (Å²) in [6.07, 6.45) is 0.795. The molecular formula is C15H17N7OS2. The molecule has 130 valence electrons. The number of anilines is 1. The number of carbonyl (C=O) groups is 1. The Kier molecular flexibility index (Phi) is 5.39. The Labute approximate surface area is 153 Å². The number of amides is 1. The number of aromatic nitrogens is 6. The molecule has 25 heavy (non-hydrogen) atoms. The van der Waals surface area contributed by atoms with Crippen molar-refractivity contribution in [1.29, 1.82) is 0 Å². The van der Waals surface area contributed by atoms with E-state index in [9.17, 15) is 4.79 Å². The average molecular weight is 375 g/mol. The number of benzene rings is 1. The number of nitrogens with one attached hydrogen (secondary N) is 1. The lowest BCUT2D eigenvalue weighted by atomic mass is 10.2. The first-order valence-electron chi connectivity index (χ1n) is 7.72. The first-order chi connectivity index (χ1) is 12.1. The summed E-state index contributed by atoms with van der Waals surface area (Å²) in [6, 6.07) is 7.85. The fourth-order valence-electron chi connectivity index (χ4n) is 1.97. The summed E-state index contributed by atoms with van der Waals surface area (Å²) in [5, 5.41) is 24.1. The Bertz CT molecular complexity index is 859. The Balaban J connectivity index is 1.68. The molecule has 0 aliphatic rings. The van der Waals surface area contributed by atoms with Crippen LogP contribution in [-0.2, 0) is 11.2 Å². The Hall–Kier alpha value is -2.33. The molecule has 1 unspecified atom stereocenters. The van der Waals surface area contributed by atoms with Crippen molar-refractivity contribution in [1.82, 2.24) is 30.4 Å². The van der Waals surface area contributed by atoms with Gasteiger partial charge in [0.25, 0.3) is 0 Å². The molecule has 1 atom stereocenters. The fourth-order valence-corrected chi connectivity index (χ4v) is 3.46. The lowest BCUT2D eigenvalue weighted by molar-refractivity contribution is -0.115. The average Bonchev–Trinajstić information content (AvgIpc) is 3.25. The second kappa shape index (κ2) is 7.70. The van der Waals surface area contributed by atoms with Gasteiger partial charge in [0, 0.05) is 0 Å². The minimum Gasteiger partial charge on any atom is -0.300 e. The minimum absolute atomic E-state index is 0.165. The molecule has 8 nitrogen and oxygen atoms in total. The van der Waals surface area contributed by atoms with Gasteiger partial charge < -0.3 is 0 Å². The first kappa shape index (κ1) is 17.5. The molecule has 1 amide bonds. The summed E-state index contributed by atoms with van der Waals surface area (Å²) < 4.78 is 1.62. The van der Waals surface area contributed by atoms with Gasteiger partial charge in [-0.05, 0) is 42.8 Å². The van der Waals surface area contributed by atoms with Crippen LogP contribution in [0.4, 0.5) is 5.13 Å². The van der Waals surface area contributed by atoms with Crippen molar-refractivity contribution in [3.05, 3.63) is 34.8 Å². The fraction of sp³-hybridized carbons (Fsp3) is 0.333. The molecule has 0 aliphatic heterocycles. The van der Waals surface area contributed by atoms with E-state index in [4.69, 9.17) is 0 Å². The summed E-state index contributed by atoms with van der Waals surface area (Å²) in [6.45, 7) is 5.81. The van der Waals surface area contributed by atoms with Crippen molar-refractivity contribution in [2.24, 2.45) is 0 Å². The molecule has 0 radical (unpaired) electrons. The summed E-state index contributed by atoms with van der Waals surface area (Å²) in [5.74, 6) is -0.165. The molecule has 0 bridgehead atoms. The normalized spacial score (nSPS) is 12.1. The largest absolute Gasteiger partial charge is 0.300 e. The van der Waals surface area contributed by atoms with Crippen molar-refractivity contribution >= 4 is 34.1 Å². The summed E-state index contributed by atoms with van der Waals surface area (Å²) in [5.41, 5.74) is 2.00. The van der Waals surface area contributed by atoms with E-state index >= 15 is 0 Å². The minimum atomic E-state index is -0.385. The van der Waals surface area contributed by atoms with Crippen LogP contribution < -0.4 is 5.32 Å². The molecule has 0 spiro atoms. The number of hydrogen-bond donors (Lipinski definition) is 1. The molecule has 10 heteroatoms. The zero-order chi connectivity index (χ0) is 17.8. The van der Waals surface area contributed by atoms with Crippen LogP contribution in [0.5, 0.6) is 0 Å². The standard InChI is InChI=1S/C15H17N7OS2/c1-4-12-17-18-14(25-12)16-13(23)10(3)24-15-19-20-21-22(15)11-7-5-9(2)6-8-11/h5-8,10H,4H2,1-3H3,(H,16,18,23). The van der Waals surface area contributed by atoms with Gasteiger partial charge in [0.1, 0.15) is 5.01 Å². The maximum Gasteiger partial charge on any atom is 0.239 e. The van der Waals surface area contributed by atoms with Crippen LogP contribution in [0.25, 0.3) is 5.69 Å². The van der Waals surface area contributed by atoms with E-state index in [1.807, 2.05) is 38.1 Å². The first-order valence-corrected chi connectivity index (χ1v) is 9.41. The zero-order valence-corrected chi connectivity index (χ0v) is 15.6. The topological polar surface area (TPSA) is 98.5 Å². The summed E-state index contributed by atoms with van der Waals surface area (Å²) >= 11 is 2.67. The molecule has 3 rings (SSSR count). The van der Waals surface area contributed by atoms with Crippen molar-refractivity contribution in [3.63, 3.8) is 0 Å². The van der Waals surface area contributed by atoms with Crippen LogP contribution in [0.15, 0.2) is 29.4 Å². The maximum absolute atomic E-state index is 12.4. The van der Waals surface area contributed by atoms with Crippen LogP contribution in [0, 0.1) is 6.92 Å². The van der Waals surface area contributed by atoms with Gasteiger partial charge in [0.15, 0.2) is 0 Å². The third-order valence-corrected chi connectivity index (χ3v) is 5.39. The molecule has 2 heterocycles. The predicted molar refractivity (Wildman–Crippen MR) is 97.1 cm³/mol. The van der Waals surface area contributed by atoms with Gasteiger partial charge in [0.2, 0.25) is 16.2 Å². The van der Waals surface area contributed by atoms with Crippen LogP contribution in [0.2, 0.25) is 0 Å².